The Bertz CT molecular complexity index is 989. The number of benzene rings is 2. The van der Waals surface area contributed by atoms with Gasteiger partial charge in [0.2, 0.25) is 6.41 Å². The molecule has 0 aliphatic heterocycles. The second kappa shape index (κ2) is 7.67. The van der Waals surface area contributed by atoms with Gasteiger partial charge in [-0.3, -0.25) is 9.59 Å². The Kier molecular flexibility index (Phi) is 5.15. The summed E-state index contributed by atoms with van der Waals surface area (Å²) in [7, 11) is 0. The van der Waals surface area contributed by atoms with Gasteiger partial charge in [0, 0.05) is 30.0 Å². The Morgan fingerprint density at radius 1 is 1.12 bits per heavy atom. The standard InChI is InChI=1S/C20H20N4O2/c1-13-11-23-20-18(24-12-26)6-5-17(19(13)20)16-4-3-15(9-14(16)10-21)22-7-2-8-25/h2-9,11-12,22-23H,10,21H2,1H3,(H,24,26). The Morgan fingerprint density at radius 3 is 2.65 bits per heavy atom. The number of aryl methyl sites for hydroxylation is 1. The van der Waals surface area contributed by atoms with Crippen LogP contribution in [0.1, 0.15) is 11.1 Å². The van der Waals surface area contributed by atoms with Crippen LogP contribution >= 0.6 is 0 Å². The van der Waals surface area contributed by atoms with E-state index >= 15 is 0 Å². The summed E-state index contributed by atoms with van der Waals surface area (Å²) in [6, 6.07) is 9.78. The van der Waals surface area contributed by atoms with Crippen LogP contribution in [-0.4, -0.2) is 17.7 Å². The van der Waals surface area contributed by atoms with Crippen molar-refractivity contribution in [1.82, 2.24) is 4.98 Å². The Labute approximate surface area is 151 Å². The van der Waals surface area contributed by atoms with Gasteiger partial charge in [0.25, 0.3) is 0 Å². The maximum absolute atomic E-state index is 10.8. The van der Waals surface area contributed by atoms with E-state index in [1.165, 1.54) is 6.08 Å². The third-order valence-corrected chi connectivity index (χ3v) is 4.29. The smallest absolute Gasteiger partial charge is 0.211 e. The van der Waals surface area contributed by atoms with Gasteiger partial charge in [0.1, 0.15) is 6.29 Å². The SMILES string of the molecule is Cc1c[nH]c2c(NC=O)ccc(-c3ccc(NC=CC=O)cc3CN)c12. The summed E-state index contributed by atoms with van der Waals surface area (Å²) in [6.07, 6.45) is 6.28. The van der Waals surface area contributed by atoms with Gasteiger partial charge in [-0.2, -0.15) is 0 Å². The van der Waals surface area contributed by atoms with Gasteiger partial charge in [0.05, 0.1) is 11.2 Å². The van der Waals surface area contributed by atoms with Crippen LogP contribution in [0.2, 0.25) is 0 Å². The van der Waals surface area contributed by atoms with Crippen LogP contribution < -0.4 is 16.4 Å². The highest BCUT2D eigenvalue weighted by molar-refractivity contribution is 6.05. The van der Waals surface area contributed by atoms with Crippen molar-refractivity contribution < 1.29 is 9.59 Å². The van der Waals surface area contributed by atoms with Crippen LogP contribution in [-0.2, 0) is 16.1 Å². The summed E-state index contributed by atoms with van der Waals surface area (Å²) in [5.74, 6) is 0. The predicted molar refractivity (Wildman–Crippen MR) is 105 cm³/mol. The minimum Gasteiger partial charge on any atom is -0.362 e. The summed E-state index contributed by atoms with van der Waals surface area (Å²) in [6.45, 7) is 2.40. The normalized spacial score (nSPS) is 11.0. The molecule has 0 radical (unpaired) electrons. The molecule has 1 amide bonds. The first-order valence-electron chi connectivity index (χ1n) is 8.20. The van der Waals surface area contributed by atoms with Gasteiger partial charge in [-0.25, -0.2) is 0 Å². The molecular formula is C20H20N4O2. The van der Waals surface area contributed by atoms with Gasteiger partial charge in [-0.15, -0.1) is 0 Å². The second-order valence-electron chi connectivity index (χ2n) is 5.86. The zero-order valence-corrected chi connectivity index (χ0v) is 14.4. The monoisotopic (exact) mass is 348 g/mol. The van der Waals surface area contributed by atoms with Gasteiger partial charge < -0.3 is 21.4 Å². The van der Waals surface area contributed by atoms with Crippen LogP contribution in [0.5, 0.6) is 0 Å². The maximum atomic E-state index is 10.8. The van der Waals surface area contributed by atoms with Crippen LogP contribution in [0.15, 0.2) is 48.8 Å². The highest BCUT2D eigenvalue weighted by Gasteiger charge is 2.14. The van der Waals surface area contributed by atoms with Gasteiger partial charge in [0.15, 0.2) is 0 Å². The molecule has 1 heterocycles. The maximum Gasteiger partial charge on any atom is 0.211 e. The third kappa shape index (κ3) is 3.22. The van der Waals surface area contributed by atoms with E-state index in [0.29, 0.717) is 19.2 Å². The van der Waals surface area contributed by atoms with Gasteiger partial charge in [-0.05, 0) is 53.5 Å². The molecule has 0 fully saturated rings. The number of aromatic nitrogens is 1. The number of rotatable bonds is 7. The van der Waals surface area contributed by atoms with Crippen LogP contribution in [0, 0.1) is 6.92 Å². The van der Waals surface area contributed by atoms with E-state index in [0.717, 1.165) is 44.5 Å². The van der Waals surface area contributed by atoms with E-state index in [-0.39, 0.29) is 0 Å². The quantitative estimate of drug-likeness (QED) is 0.389. The first kappa shape index (κ1) is 17.4. The molecule has 6 heteroatoms. The highest BCUT2D eigenvalue weighted by Crippen LogP contribution is 2.37. The van der Waals surface area contributed by atoms with Crippen molar-refractivity contribution in [2.75, 3.05) is 10.6 Å². The summed E-state index contributed by atoms with van der Waals surface area (Å²) in [5.41, 5.74) is 12.6. The first-order chi connectivity index (χ1) is 12.7. The second-order valence-corrected chi connectivity index (χ2v) is 5.86. The molecule has 0 aliphatic carbocycles. The molecule has 0 saturated carbocycles. The Morgan fingerprint density at radius 2 is 1.92 bits per heavy atom. The number of amides is 1. The van der Waals surface area contributed by atoms with Crippen LogP contribution in [0.4, 0.5) is 11.4 Å². The Hall–Kier alpha value is -3.38. The molecular weight excluding hydrogens is 328 g/mol. The molecule has 132 valence electrons. The number of hydrogen-bond donors (Lipinski definition) is 4. The minimum atomic E-state index is 0.377. The molecule has 5 N–H and O–H groups in total. The molecule has 3 aromatic rings. The largest absolute Gasteiger partial charge is 0.362 e. The lowest BCUT2D eigenvalue weighted by Gasteiger charge is -2.14. The lowest BCUT2D eigenvalue weighted by Crippen LogP contribution is -2.01. The zero-order chi connectivity index (χ0) is 18.5. The summed E-state index contributed by atoms with van der Waals surface area (Å²) < 4.78 is 0. The molecule has 0 aliphatic rings. The van der Waals surface area contributed by atoms with Gasteiger partial charge >= 0.3 is 0 Å². The molecule has 0 unspecified atom stereocenters. The average molecular weight is 348 g/mol. The minimum absolute atomic E-state index is 0.377. The highest BCUT2D eigenvalue weighted by atomic mass is 16.1. The number of hydrogen-bond acceptors (Lipinski definition) is 4. The number of nitrogens with two attached hydrogens (primary N) is 1. The molecule has 1 aromatic heterocycles. The fourth-order valence-corrected chi connectivity index (χ4v) is 3.12. The Balaban J connectivity index is 2.13. The summed E-state index contributed by atoms with van der Waals surface area (Å²) in [4.78, 5) is 24.5. The fraction of sp³-hybridized carbons (Fsp3) is 0.100. The van der Waals surface area contributed by atoms with E-state index in [2.05, 4.69) is 15.6 Å². The molecule has 0 bridgehead atoms. The van der Waals surface area contributed by atoms with E-state index < -0.39 is 0 Å². The lowest BCUT2D eigenvalue weighted by molar-refractivity contribution is -0.105. The number of aldehydes is 1. The third-order valence-electron chi connectivity index (χ3n) is 4.29. The number of aromatic amines is 1. The van der Waals surface area contributed by atoms with Crippen molar-refractivity contribution in [2.24, 2.45) is 5.73 Å². The van der Waals surface area contributed by atoms with E-state index in [4.69, 9.17) is 5.73 Å². The van der Waals surface area contributed by atoms with E-state index in [1.807, 2.05) is 43.5 Å². The zero-order valence-electron chi connectivity index (χ0n) is 14.4. The number of carbonyl (C=O) groups is 2. The molecule has 2 aromatic carbocycles. The number of carbonyl (C=O) groups excluding carboxylic acids is 2. The molecule has 0 spiro atoms. The topological polar surface area (TPSA) is 100 Å². The van der Waals surface area contributed by atoms with Crippen molar-refractivity contribution in [3.8, 4) is 11.1 Å². The summed E-state index contributed by atoms with van der Waals surface area (Å²) >= 11 is 0. The molecule has 0 atom stereocenters. The number of allylic oxidation sites excluding steroid dienone is 1. The van der Waals surface area contributed by atoms with Crippen LogP contribution in [0.25, 0.3) is 22.0 Å². The van der Waals surface area contributed by atoms with Crippen molar-refractivity contribution in [2.45, 2.75) is 13.5 Å². The molecule has 3 rings (SSSR count). The van der Waals surface area contributed by atoms with E-state index in [9.17, 15) is 9.59 Å². The van der Waals surface area contributed by atoms with Crippen molar-refractivity contribution >= 4 is 35.0 Å². The average Bonchev–Trinajstić information content (AvgIpc) is 3.05. The van der Waals surface area contributed by atoms with E-state index in [1.54, 1.807) is 6.20 Å². The number of H-pyrrole nitrogens is 1. The molecule has 0 saturated heterocycles. The van der Waals surface area contributed by atoms with Crippen molar-refractivity contribution in [3.63, 3.8) is 0 Å². The fourth-order valence-electron chi connectivity index (χ4n) is 3.12. The molecule has 26 heavy (non-hydrogen) atoms. The van der Waals surface area contributed by atoms with Crippen molar-refractivity contribution in [1.29, 1.82) is 0 Å². The number of nitrogens with one attached hydrogen (secondary N) is 3. The molecule has 6 nitrogen and oxygen atoms in total. The van der Waals surface area contributed by atoms with Gasteiger partial charge in [-0.1, -0.05) is 12.1 Å². The van der Waals surface area contributed by atoms with Crippen molar-refractivity contribution in [3.05, 3.63) is 59.9 Å². The first-order valence-corrected chi connectivity index (χ1v) is 8.20. The number of anilines is 2. The summed E-state index contributed by atoms with van der Waals surface area (Å²) in [5, 5.41) is 6.82. The predicted octanol–water partition coefficient (Wildman–Crippen LogP) is 3.29. The lowest BCUT2D eigenvalue weighted by atomic mass is 9.94. The number of fused-ring (bicyclic) bond motifs is 1. The van der Waals surface area contributed by atoms with Crippen LogP contribution in [0.3, 0.4) is 0 Å².